The van der Waals surface area contributed by atoms with Crippen molar-refractivity contribution in [1.82, 2.24) is 4.98 Å². The number of hydrogen-bond acceptors (Lipinski definition) is 6. The number of ether oxygens (including phenoxy) is 1. The Balaban J connectivity index is 2.41. The Kier molecular flexibility index (Phi) is 8.24. The van der Waals surface area contributed by atoms with Crippen LogP contribution in [0.3, 0.4) is 0 Å². The Hall–Kier alpha value is -2.64. The van der Waals surface area contributed by atoms with Gasteiger partial charge in [-0.3, -0.25) is 4.79 Å². The van der Waals surface area contributed by atoms with Gasteiger partial charge in [0.2, 0.25) is 0 Å². The lowest BCUT2D eigenvalue weighted by atomic mass is 10.1. The Morgan fingerprint density at radius 3 is 2.50 bits per heavy atom. The van der Waals surface area contributed by atoms with E-state index in [9.17, 15) is 19.5 Å². The third-order valence-electron chi connectivity index (χ3n) is 3.29. The number of esters is 1. The third-order valence-corrected chi connectivity index (χ3v) is 3.29. The monoisotopic (exact) mass is 338 g/mol. The first-order chi connectivity index (χ1) is 11.5. The number of carboxylic acid groups (broad SMARTS) is 1. The van der Waals surface area contributed by atoms with Crippen LogP contribution in [0.2, 0.25) is 0 Å². The second kappa shape index (κ2) is 10.2. The van der Waals surface area contributed by atoms with Gasteiger partial charge >= 0.3 is 17.8 Å². The van der Waals surface area contributed by atoms with E-state index in [-0.39, 0.29) is 12.3 Å². The largest absolute Gasteiger partial charge is 0.504 e. The molecule has 8 nitrogen and oxygen atoms in total. The van der Waals surface area contributed by atoms with E-state index in [2.05, 4.69) is 17.2 Å². The van der Waals surface area contributed by atoms with Gasteiger partial charge in [0.05, 0.1) is 12.3 Å². The number of carbonyl (C=O) groups excluding carboxylic acids is 2. The summed E-state index contributed by atoms with van der Waals surface area (Å²) in [5.41, 5.74) is -0.836. The Bertz CT molecular complexity index is 588. The molecule has 1 amide bonds. The summed E-state index contributed by atoms with van der Waals surface area (Å²) in [5.74, 6) is -4.34. The molecule has 0 saturated heterocycles. The summed E-state index contributed by atoms with van der Waals surface area (Å²) in [7, 11) is 0. The highest BCUT2D eigenvalue weighted by atomic mass is 16.5. The summed E-state index contributed by atoms with van der Waals surface area (Å²) in [6.07, 6.45) is 7.21. The molecule has 0 aliphatic carbocycles. The van der Waals surface area contributed by atoms with Crippen molar-refractivity contribution in [1.29, 1.82) is 0 Å². The number of carbonyl (C=O) groups is 3. The van der Waals surface area contributed by atoms with E-state index in [1.165, 1.54) is 12.5 Å². The molecular formula is C16H22N2O6. The van der Waals surface area contributed by atoms with Crippen LogP contribution in [0, 0.1) is 0 Å². The van der Waals surface area contributed by atoms with Crippen molar-refractivity contribution < 1.29 is 29.3 Å². The van der Waals surface area contributed by atoms with Crippen LogP contribution in [0.1, 0.15) is 55.9 Å². The van der Waals surface area contributed by atoms with Crippen molar-refractivity contribution >= 4 is 23.5 Å². The molecule has 3 N–H and O–H groups in total. The van der Waals surface area contributed by atoms with Gasteiger partial charge in [-0.2, -0.15) is 0 Å². The van der Waals surface area contributed by atoms with Gasteiger partial charge in [-0.05, 0) is 12.5 Å². The maximum absolute atomic E-state index is 11.7. The molecule has 0 aliphatic rings. The maximum Gasteiger partial charge on any atom is 0.397 e. The van der Waals surface area contributed by atoms with Gasteiger partial charge in [0.25, 0.3) is 0 Å². The van der Waals surface area contributed by atoms with E-state index in [1.54, 1.807) is 0 Å². The van der Waals surface area contributed by atoms with E-state index in [1.807, 2.05) is 0 Å². The molecule has 1 aromatic rings. The van der Waals surface area contributed by atoms with Gasteiger partial charge in [0.1, 0.15) is 0 Å². The molecule has 0 radical (unpaired) electrons. The van der Waals surface area contributed by atoms with Crippen molar-refractivity contribution in [3.63, 3.8) is 0 Å². The molecule has 0 aliphatic heterocycles. The first-order valence-electron chi connectivity index (χ1n) is 7.86. The molecule has 132 valence electrons. The molecule has 0 saturated carbocycles. The topological polar surface area (TPSA) is 126 Å². The Morgan fingerprint density at radius 2 is 1.83 bits per heavy atom. The van der Waals surface area contributed by atoms with E-state index >= 15 is 0 Å². The van der Waals surface area contributed by atoms with Crippen LogP contribution in [-0.2, 0) is 14.3 Å². The zero-order valence-electron chi connectivity index (χ0n) is 13.6. The highest BCUT2D eigenvalue weighted by molar-refractivity contribution is 6.37. The predicted octanol–water partition coefficient (Wildman–Crippen LogP) is 2.33. The molecule has 0 atom stereocenters. The van der Waals surface area contributed by atoms with Crippen molar-refractivity contribution in [2.45, 2.75) is 45.4 Å². The van der Waals surface area contributed by atoms with E-state index in [4.69, 9.17) is 9.84 Å². The maximum atomic E-state index is 11.7. The lowest BCUT2D eigenvalue weighted by Gasteiger charge is -2.08. The van der Waals surface area contributed by atoms with E-state index in [0.717, 1.165) is 31.9 Å². The number of nitrogens with one attached hydrogen (secondary N) is 1. The molecule has 1 rings (SSSR count). The predicted molar refractivity (Wildman–Crippen MR) is 85.8 cm³/mol. The normalized spacial score (nSPS) is 10.2. The number of nitrogens with zero attached hydrogens (tertiary/aromatic N) is 1. The fourth-order valence-corrected chi connectivity index (χ4v) is 2.00. The van der Waals surface area contributed by atoms with Gasteiger partial charge in [-0.1, -0.05) is 39.0 Å². The van der Waals surface area contributed by atoms with Gasteiger partial charge in [-0.25, -0.2) is 14.6 Å². The standard InChI is InChI=1S/C16H22N2O6/c1-2-3-4-5-6-7-10-24-16(23)14(20)18-11-8-9-17-12(13(11)19)15(21)22/h8-9,19H,2-7,10H2,1H3,(H,21,22)(H,17,18,20). The Labute approximate surface area is 139 Å². The fourth-order valence-electron chi connectivity index (χ4n) is 2.00. The minimum atomic E-state index is -1.45. The molecule has 1 heterocycles. The van der Waals surface area contributed by atoms with Crippen molar-refractivity contribution in [2.75, 3.05) is 11.9 Å². The number of amides is 1. The summed E-state index contributed by atoms with van der Waals surface area (Å²) >= 11 is 0. The molecule has 0 bridgehead atoms. The van der Waals surface area contributed by atoms with Crippen molar-refractivity contribution in [2.24, 2.45) is 0 Å². The highest BCUT2D eigenvalue weighted by Crippen LogP contribution is 2.25. The summed E-state index contributed by atoms with van der Waals surface area (Å²) < 4.78 is 4.84. The zero-order chi connectivity index (χ0) is 17.9. The number of unbranched alkanes of at least 4 members (excludes halogenated alkanes) is 5. The first kappa shape index (κ1) is 19.4. The van der Waals surface area contributed by atoms with Gasteiger partial charge in [-0.15, -0.1) is 0 Å². The van der Waals surface area contributed by atoms with Crippen LogP contribution in [0.4, 0.5) is 5.69 Å². The molecule has 8 heteroatoms. The molecule has 0 aromatic carbocycles. The van der Waals surface area contributed by atoms with Crippen LogP contribution in [-0.4, -0.2) is 39.6 Å². The third kappa shape index (κ3) is 6.23. The number of rotatable bonds is 9. The number of carboxylic acids is 1. The van der Waals surface area contributed by atoms with Crippen LogP contribution < -0.4 is 5.32 Å². The van der Waals surface area contributed by atoms with Crippen LogP contribution in [0.25, 0.3) is 0 Å². The second-order valence-corrected chi connectivity index (χ2v) is 5.22. The number of aromatic nitrogens is 1. The minimum Gasteiger partial charge on any atom is -0.504 e. The van der Waals surface area contributed by atoms with Gasteiger partial charge in [0.15, 0.2) is 11.4 Å². The highest BCUT2D eigenvalue weighted by Gasteiger charge is 2.20. The summed E-state index contributed by atoms with van der Waals surface area (Å²) in [6, 6.07) is 1.18. The molecule has 24 heavy (non-hydrogen) atoms. The molecule has 1 aromatic heterocycles. The molecule has 0 spiro atoms. The van der Waals surface area contributed by atoms with E-state index in [0.29, 0.717) is 6.42 Å². The summed E-state index contributed by atoms with van der Waals surface area (Å²) in [5, 5.41) is 20.6. The molecule has 0 fully saturated rings. The average Bonchev–Trinajstić information content (AvgIpc) is 2.55. The quantitative estimate of drug-likeness (QED) is 0.358. The zero-order valence-corrected chi connectivity index (χ0v) is 13.6. The average molecular weight is 338 g/mol. The lowest BCUT2D eigenvalue weighted by Crippen LogP contribution is -2.25. The SMILES string of the molecule is CCCCCCCCOC(=O)C(=O)Nc1ccnc(C(=O)O)c1O. The number of pyridine rings is 1. The Morgan fingerprint density at radius 1 is 1.17 bits per heavy atom. The fraction of sp³-hybridized carbons (Fsp3) is 0.500. The van der Waals surface area contributed by atoms with Crippen molar-refractivity contribution in [3.8, 4) is 5.75 Å². The first-order valence-corrected chi connectivity index (χ1v) is 7.86. The van der Waals surface area contributed by atoms with Crippen molar-refractivity contribution in [3.05, 3.63) is 18.0 Å². The smallest absolute Gasteiger partial charge is 0.397 e. The van der Waals surface area contributed by atoms with Gasteiger partial charge < -0.3 is 20.3 Å². The number of anilines is 1. The summed E-state index contributed by atoms with van der Waals surface area (Å²) in [4.78, 5) is 37.6. The number of hydrogen-bond donors (Lipinski definition) is 3. The van der Waals surface area contributed by atoms with Crippen LogP contribution >= 0.6 is 0 Å². The lowest BCUT2D eigenvalue weighted by molar-refractivity contribution is -0.152. The van der Waals surface area contributed by atoms with Gasteiger partial charge in [0, 0.05) is 6.20 Å². The van der Waals surface area contributed by atoms with Crippen LogP contribution in [0.15, 0.2) is 12.3 Å². The molecule has 0 unspecified atom stereocenters. The summed E-state index contributed by atoms with van der Waals surface area (Å²) in [6.45, 7) is 2.27. The van der Waals surface area contributed by atoms with Crippen LogP contribution in [0.5, 0.6) is 5.75 Å². The second-order valence-electron chi connectivity index (χ2n) is 5.22. The number of aromatic hydroxyl groups is 1. The van der Waals surface area contributed by atoms with E-state index < -0.39 is 29.3 Å². The minimum absolute atomic E-state index is 0.140. The number of aromatic carboxylic acids is 1. The molecular weight excluding hydrogens is 316 g/mol.